The summed E-state index contributed by atoms with van der Waals surface area (Å²) in [6.07, 6.45) is 3.49. The summed E-state index contributed by atoms with van der Waals surface area (Å²) in [7, 11) is 1.60. The molecule has 6 rings (SSSR count). The molecule has 0 unspecified atom stereocenters. The van der Waals surface area contributed by atoms with Crippen LogP contribution in [-0.4, -0.2) is 66.3 Å². The van der Waals surface area contributed by atoms with Gasteiger partial charge in [0.15, 0.2) is 0 Å². The molecule has 1 fully saturated rings. The van der Waals surface area contributed by atoms with E-state index in [4.69, 9.17) is 9.47 Å². The average Bonchev–Trinajstić information content (AvgIpc) is 3.45. The summed E-state index contributed by atoms with van der Waals surface area (Å²) in [6.45, 7) is 3.00. The van der Waals surface area contributed by atoms with Crippen molar-refractivity contribution >= 4 is 17.7 Å². The first-order chi connectivity index (χ1) is 19.8. The summed E-state index contributed by atoms with van der Waals surface area (Å²) in [5.41, 5.74) is 5.54. The lowest BCUT2D eigenvalue weighted by Gasteiger charge is -2.39. The van der Waals surface area contributed by atoms with Crippen LogP contribution in [0.3, 0.4) is 0 Å². The molecule has 1 saturated heterocycles. The minimum absolute atomic E-state index is 0.0353. The minimum atomic E-state index is -0.420. The van der Waals surface area contributed by atoms with Gasteiger partial charge in [-0.15, -0.1) is 0 Å². The van der Waals surface area contributed by atoms with Gasteiger partial charge in [0.05, 0.1) is 25.3 Å². The molecular formula is C33H35N3O5. The molecule has 3 aliphatic rings. The second-order valence-electron chi connectivity index (χ2n) is 11.3. The first-order valence-electron chi connectivity index (χ1n) is 14.3. The lowest BCUT2D eigenvalue weighted by atomic mass is 9.99. The van der Waals surface area contributed by atoms with Gasteiger partial charge in [0.25, 0.3) is 11.8 Å². The quantitative estimate of drug-likeness (QED) is 0.486. The molecule has 1 N–H and O–H groups in total. The average molecular weight is 554 g/mol. The molecule has 0 saturated carbocycles. The van der Waals surface area contributed by atoms with Crippen molar-refractivity contribution in [2.75, 3.05) is 26.7 Å². The van der Waals surface area contributed by atoms with Crippen molar-refractivity contribution in [2.45, 2.75) is 51.4 Å². The number of piperidine rings is 1. The summed E-state index contributed by atoms with van der Waals surface area (Å²) in [6, 6.07) is 18.6. The fourth-order valence-corrected chi connectivity index (χ4v) is 5.97. The number of carbonyl (C=O) groups excluding carboxylic acids is 3. The molecule has 2 atom stereocenters. The van der Waals surface area contributed by atoms with Gasteiger partial charge in [-0.1, -0.05) is 24.3 Å². The molecule has 8 heteroatoms. The van der Waals surface area contributed by atoms with E-state index in [9.17, 15) is 14.4 Å². The molecular weight excluding hydrogens is 518 g/mol. The third kappa shape index (κ3) is 5.84. The first kappa shape index (κ1) is 27.0. The monoisotopic (exact) mass is 553 g/mol. The summed E-state index contributed by atoms with van der Waals surface area (Å²) in [5, 5.41) is 3.08. The van der Waals surface area contributed by atoms with Crippen LogP contribution in [0.25, 0.3) is 0 Å². The highest BCUT2D eigenvalue weighted by Crippen LogP contribution is 2.29. The molecule has 3 aromatic rings. The molecule has 41 heavy (non-hydrogen) atoms. The summed E-state index contributed by atoms with van der Waals surface area (Å²) >= 11 is 0. The van der Waals surface area contributed by atoms with Crippen LogP contribution in [-0.2, 0) is 29.0 Å². The van der Waals surface area contributed by atoms with Gasteiger partial charge >= 0.3 is 0 Å². The van der Waals surface area contributed by atoms with Gasteiger partial charge in [0.2, 0.25) is 5.91 Å². The van der Waals surface area contributed by atoms with Crippen LogP contribution in [0.1, 0.15) is 55.8 Å². The van der Waals surface area contributed by atoms with Crippen molar-refractivity contribution in [2.24, 2.45) is 0 Å². The van der Waals surface area contributed by atoms with Crippen molar-refractivity contribution in [1.82, 2.24) is 15.1 Å². The molecule has 0 aromatic heterocycles. The Morgan fingerprint density at radius 3 is 2.73 bits per heavy atom. The predicted molar refractivity (Wildman–Crippen MR) is 154 cm³/mol. The Morgan fingerprint density at radius 1 is 1.00 bits per heavy atom. The van der Waals surface area contributed by atoms with E-state index in [1.807, 2.05) is 49.4 Å². The van der Waals surface area contributed by atoms with Crippen LogP contribution < -0.4 is 10.1 Å². The second kappa shape index (κ2) is 11.4. The van der Waals surface area contributed by atoms with E-state index in [2.05, 4.69) is 11.4 Å². The van der Waals surface area contributed by atoms with Crippen LogP contribution in [0.5, 0.6) is 11.5 Å². The lowest BCUT2D eigenvalue weighted by Crippen LogP contribution is -2.58. The van der Waals surface area contributed by atoms with E-state index < -0.39 is 6.04 Å². The molecule has 1 aliphatic carbocycles. The Hall–Kier alpha value is -4.17. The number of fused-ring (bicyclic) bond motifs is 6. The number of amides is 3. The molecule has 2 aliphatic heterocycles. The van der Waals surface area contributed by atoms with Gasteiger partial charge in [-0.25, -0.2) is 0 Å². The van der Waals surface area contributed by atoms with E-state index in [0.29, 0.717) is 48.7 Å². The number of hydrogen-bond donors (Lipinski definition) is 1. The van der Waals surface area contributed by atoms with Gasteiger partial charge in [-0.3, -0.25) is 14.4 Å². The Bertz CT molecular complexity index is 1500. The number of aryl methyl sites for hydroxylation is 3. The van der Waals surface area contributed by atoms with Gasteiger partial charge in [0.1, 0.15) is 11.5 Å². The fraction of sp³-hybridized carbons (Fsp3) is 0.364. The van der Waals surface area contributed by atoms with Crippen molar-refractivity contribution in [3.63, 3.8) is 0 Å². The highest BCUT2D eigenvalue weighted by atomic mass is 16.5. The van der Waals surface area contributed by atoms with E-state index in [-0.39, 0.29) is 30.4 Å². The van der Waals surface area contributed by atoms with Crippen LogP contribution in [0, 0.1) is 6.92 Å². The minimum Gasteiger partial charge on any atom is -0.457 e. The molecule has 3 aromatic carbocycles. The third-order valence-corrected chi connectivity index (χ3v) is 8.28. The summed E-state index contributed by atoms with van der Waals surface area (Å²) in [5.74, 6) is 0.615. The largest absolute Gasteiger partial charge is 0.457 e. The molecule has 4 bridgehead atoms. The number of nitrogens with one attached hydrogen (secondary N) is 1. The number of benzene rings is 3. The Balaban J connectivity index is 1.25. The number of nitrogens with zero attached hydrogens (tertiary/aromatic N) is 2. The number of likely N-dealkylation sites (tertiary alicyclic amines) is 1. The summed E-state index contributed by atoms with van der Waals surface area (Å²) < 4.78 is 12.5. The Labute approximate surface area is 240 Å². The van der Waals surface area contributed by atoms with Crippen molar-refractivity contribution in [3.8, 4) is 11.5 Å². The number of rotatable bonds is 1. The maximum Gasteiger partial charge on any atom is 0.254 e. The first-order valence-corrected chi connectivity index (χ1v) is 14.3. The zero-order chi connectivity index (χ0) is 28.5. The highest BCUT2D eigenvalue weighted by Gasteiger charge is 2.34. The maximum absolute atomic E-state index is 13.5. The van der Waals surface area contributed by atoms with Crippen LogP contribution in [0.4, 0.5) is 0 Å². The molecule has 212 valence electrons. The molecule has 0 spiro atoms. The van der Waals surface area contributed by atoms with Gasteiger partial charge in [0, 0.05) is 31.3 Å². The zero-order valence-corrected chi connectivity index (χ0v) is 23.5. The smallest absolute Gasteiger partial charge is 0.254 e. The second-order valence-corrected chi connectivity index (χ2v) is 11.3. The maximum atomic E-state index is 13.5. The van der Waals surface area contributed by atoms with E-state index in [1.54, 1.807) is 24.1 Å². The van der Waals surface area contributed by atoms with Crippen LogP contribution in [0.2, 0.25) is 0 Å². The lowest BCUT2D eigenvalue weighted by molar-refractivity contribution is -0.124. The fourth-order valence-electron chi connectivity index (χ4n) is 5.97. The Kier molecular flexibility index (Phi) is 7.49. The standard InChI is InChI=1S/C33H35N3O5/c1-21-9-10-26-17-30(21)41-27-8-3-5-22(15-27)20-40-29-13-14-36(18-28(29)34-31(37)19-35(2)32(26)38)33(39)25-12-11-23-6-4-7-24(23)16-25/h3,5,8-12,15-17,28-29H,4,6-7,13-14,18-20H2,1-2H3,(H,34,37)/t28-,29+/m0/s1. The van der Waals surface area contributed by atoms with Crippen LogP contribution in [0.15, 0.2) is 60.7 Å². The normalized spacial score (nSPS) is 21.0. The molecule has 0 radical (unpaired) electrons. The SMILES string of the molecule is Cc1ccc2cc1Oc1cccc(c1)CO[C@@H]1CCN(C(=O)c3ccc4c(c3)CCC4)C[C@@H]1NC(=O)CN(C)C2=O. The molecule has 8 nitrogen and oxygen atoms in total. The Morgan fingerprint density at radius 2 is 1.85 bits per heavy atom. The van der Waals surface area contributed by atoms with Crippen molar-refractivity contribution in [3.05, 3.63) is 94.0 Å². The number of hydrogen-bond acceptors (Lipinski definition) is 5. The molecule has 3 amide bonds. The number of likely N-dealkylation sites (N-methyl/N-ethyl adjacent to an activating group) is 1. The topological polar surface area (TPSA) is 88.2 Å². The highest BCUT2D eigenvalue weighted by molar-refractivity contribution is 5.97. The summed E-state index contributed by atoms with van der Waals surface area (Å²) in [4.78, 5) is 43.1. The molecule has 2 heterocycles. The third-order valence-electron chi connectivity index (χ3n) is 8.28. The van der Waals surface area contributed by atoms with E-state index in [1.165, 1.54) is 16.0 Å². The number of ether oxygens (including phenoxy) is 2. The van der Waals surface area contributed by atoms with Crippen LogP contribution >= 0.6 is 0 Å². The van der Waals surface area contributed by atoms with Gasteiger partial charge < -0.3 is 24.6 Å². The van der Waals surface area contributed by atoms with E-state index >= 15 is 0 Å². The van der Waals surface area contributed by atoms with Gasteiger partial charge in [-0.2, -0.15) is 0 Å². The predicted octanol–water partition coefficient (Wildman–Crippen LogP) is 4.28. The van der Waals surface area contributed by atoms with E-state index in [0.717, 1.165) is 30.4 Å². The number of carbonyl (C=O) groups is 3. The van der Waals surface area contributed by atoms with Crippen molar-refractivity contribution < 1.29 is 23.9 Å². The van der Waals surface area contributed by atoms with Crippen molar-refractivity contribution in [1.29, 1.82) is 0 Å². The zero-order valence-electron chi connectivity index (χ0n) is 23.5. The van der Waals surface area contributed by atoms with Gasteiger partial charge in [-0.05, 0) is 91.3 Å².